The van der Waals surface area contributed by atoms with Crippen LogP contribution in [0.2, 0.25) is 0 Å². The quantitative estimate of drug-likeness (QED) is 0.546. The number of benzene rings is 1. The van der Waals surface area contributed by atoms with Gasteiger partial charge in [0, 0.05) is 24.0 Å². The Hall–Kier alpha value is -3.32. The normalized spacial score (nSPS) is 20.5. The Morgan fingerprint density at radius 3 is 2.49 bits per heavy atom. The summed E-state index contributed by atoms with van der Waals surface area (Å²) >= 11 is 0.783. The summed E-state index contributed by atoms with van der Waals surface area (Å²) in [5.41, 5.74) is -0.315. The minimum atomic E-state index is -4.62. The molecule has 0 bridgehead atoms. The van der Waals surface area contributed by atoms with Crippen LogP contribution in [-0.2, 0) is 17.5 Å². The molecule has 0 radical (unpaired) electrons. The number of carbonyl (C=O) groups is 2. The molecule has 3 aromatic rings. The molecule has 2 aromatic heterocycles. The van der Waals surface area contributed by atoms with Gasteiger partial charge in [-0.2, -0.15) is 13.2 Å². The second-order valence-electron chi connectivity index (χ2n) is 8.38. The smallest absolute Gasteiger partial charge is 0.391 e. The molecule has 1 saturated heterocycles. The Morgan fingerprint density at radius 2 is 1.89 bits per heavy atom. The fourth-order valence-corrected chi connectivity index (χ4v) is 5.26. The Balaban J connectivity index is 1.59. The maximum absolute atomic E-state index is 13.3. The van der Waals surface area contributed by atoms with Crippen molar-refractivity contribution in [2.75, 3.05) is 18.0 Å². The molecule has 0 spiro atoms. The number of anilines is 1. The molecule has 1 aromatic carbocycles. The number of β-amino-alcohol motifs (C(OH)–C–C–N with tert-alkyl or cyclic N) is 1. The molecular formula is C22H19F4N5O3S. The van der Waals surface area contributed by atoms with Crippen LogP contribution in [0.25, 0.3) is 10.8 Å². The Kier molecular flexibility index (Phi) is 5.63. The van der Waals surface area contributed by atoms with Crippen molar-refractivity contribution < 1.29 is 32.3 Å². The first-order valence-corrected chi connectivity index (χ1v) is 11.6. The Bertz CT molecular complexity index is 1300. The van der Waals surface area contributed by atoms with Crippen LogP contribution in [0.3, 0.4) is 0 Å². The molecule has 1 N–H and O–H groups in total. The van der Waals surface area contributed by atoms with Gasteiger partial charge in [-0.05, 0) is 31.2 Å². The van der Waals surface area contributed by atoms with Crippen LogP contribution in [0.4, 0.5) is 23.4 Å². The zero-order valence-electron chi connectivity index (χ0n) is 18.3. The van der Waals surface area contributed by atoms with Crippen LogP contribution < -0.4 is 4.90 Å². The lowest BCUT2D eigenvalue weighted by Crippen LogP contribution is -2.42. The second-order valence-corrected chi connectivity index (χ2v) is 9.23. The number of nitrogens with zero attached hydrogens (tertiary/aromatic N) is 5. The predicted octanol–water partition coefficient (Wildman–Crippen LogP) is 3.48. The first-order valence-electron chi connectivity index (χ1n) is 10.7. The molecule has 13 heteroatoms. The van der Waals surface area contributed by atoms with Crippen molar-refractivity contribution in [3.63, 3.8) is 0 Å². The number of amides is 2. The van der Waals surface area contributed by atoms with E-state index in [1.54, 1.807) is 11.5 Å². The summed E-state index contributed by atoms with van der Waals surface area (Å²) in [5.74, 6) is -0.890. The third-order valence-electron chi connectivity index (χ3n) is 6.11. The number of hydrogen-bond acceptors (Lipinski definition) is 6. The van der Waals surface area contributed by atoms with Gasteiger partial charge in [-0.15, -0.1) is 11.3 Å². The van der Waals surface area contributed by atoms with Crippen LogP contribution in [0.5, 0.6) is 0 Å². The highest BCUT2D eigenvalue weighted by atomic mass is 32.1. The zero-order valence-corrected chi connectivity index (χ0v) is 19.1. The summed E-state index contributed by atoms with van der Waals surface area (Å²) in [6.45, 7) is 2.11. The second kappa shape index (κ2) is 8.41. The van der Waals surface area contributed by atoms with Crippen LogP contribution in [0.1, 0.15) is 41.1 Å². The number of carbonyl (C=O) groups excluding carboxylic acids is 2. The van der Waals surface area contributed by atoms with E-state index in [2.05, 4.69) is 9.97 Å². The standard InChI is InChI=1S/C22H19F4N5O3S/c1-11-17-18(31-9-14(32)8-16(31)33)28-19(20-27-15(10-35-20)22(24,25)26)30(17)7-6-29(11)21(34)12-2-4-13(23)5-3-12/h2-5,10-11,14,32H,6-9H2,1H3/t11?,14-/m1/s1. The average Bonchev–Trinajstić information content (AvgIpc) is 3.50. The lowest BCUT2D eigenvalue weighted by atomic mass is 10.1. The van der Waals surface area contributed by atoms with Gasteiger partial charge in [-0.1, -0.05) is 0 Å². The van der Waals surface area contributed by atoms with E-state index in [0.29, 0.717) is 5.69 Å². The van der Waals surface area contributed by atoms with Crippen molar-refractivity contribution in [3.8, 4) is 10.8 Å². The molecule has 2 aliphatic heterocycles. The van der Waals surface area contributed by atoms with E-state index in [1.807, 2.05) is 0 Å². The summed E-state index contributed by atoms with van der Waals surface area (Å²) in [4.78, 5) is 36.8. The first kappa shape index (κ1) is 23.4. The molecule has 0 aliphatic carbocycles. The molecule has 2 atom stereocenters. The molecule has 2 amide bonds. The lowest BCUT2D eigenvalue weighted by Gasteiger charge is -2.36. The molecule has 1 unspecified atom stereocenters. The van der Waals surface area contributed by atoms with Crippen LogP contribution >= 0.6 is 11.3 Å². The number of thiazole rings is 1. The van der Waals surface area contributed by atoms with Gasteiger partial charge in [0.05, 0.1) is 30.8 Å². The lowest BCUT2D eigenvalue weighted by molar-refractivity contribution is -0.140. The summed E-state index contributed by atoms with van der Waals surface area (Å²) in [5, 5.41) is 10.9. The molecule has 2 aliphatic rings. The zero-order chi connectivity index (χ0) is 25.1. The van der Waals surface area contributed by atoms with E-state index in [0.717, 1.165) is 16.7 Å². The van der Waals surface area contributed by atoms with E-state index in [-0.39, 0.29) is 60.1 Å². The number of aliphatic hydroxyl groups is 1. The van der Waals surface area contributed by atoms with E-state index in [4.69, 9.17) is 0 Å². The van der Waals surface area contributed by atoms with Gasteiger partial charge < -0.3 is 14.6 Å². The van der Waals surface area contributed by atoms with Crippen LogP contribution in [0.15, 0.2) is 29.6 Å². The topological polar surface area (TPSA) is 91.6 Å². The van der Waals surface area contributed by atoms with Gasteiger partial charge in [-0.3, -0.25) is 14.5 Å². The number of imidazole rings is 1. The van der Waals surface area contributed by atoms with Gasteiger partial charge in [-0.25, -0.2) is 14.4 Å². The monoisotopic (exact) mass is 509 g/mol. The Labute approximate surface area is 200 Å². The summed E-state index contributed by atoms with van der Waals surface area (Å²) in [6.07, 6.45) is -5.63. The molecule has 4 heterocycles. The minimum Gasteiger partial charge on any atom is -0.391 e. The number of fused-ring (bicyclic) bond motifs is 1. The largest absolute Gasteiger partial charge is 0.434 e. The minimum absolute atomic E-state index is 0.0212. The number of aliphatic hydroxyl groups excluding tert-OH is 1. The third kappa shape index (κ3) is 4.08. The van der Waals surface area contributed by atoms with Gasteiger partial charge in [0.2, 0.25) is 5.91 Å². The van der Waals surface area contributed by atoms with Crippen molar-refractivity contribution in [1.82, 2.24) is 19.4 Å². The number of aromatic nitrogens is 3. The van der Waals surface area contributed by atoms with Gasteiger partial charge in [0.15, 0.2) is 22.3 Å². The third-order valence-corrected chi connectivity index (χ3v) is 6.95. The first-order chi connectivity index (χ1) is 16.5. The molecule has 35 heavy (non-hydrogen) atoms. The van der Waals surface area contributed by atoms with Crippen molar-refractivity contribution in [2.45, 2.75) is 38.2 Å². The van der Waals surface area contributed by atoms with Gasteiger partial charge in [0.25, 0.3) is 5.91 Å². The molecule has 1 fully saturated rings. The molecule has 184 valence electrons. The molecule has 0 saturated carbocycles. The van der Waals surface area contributed by atoms with E-state index >= 15 is 0 Å². The highest BCUT2D eigenvalue weighted by molar-refractivity contribution is 7.13. The number of halogens is 4. The van der Waals surface area contributed by atoms with Crippen molar-refractivity contribution >= 4 is 29.0 Å². The van der Waals surface area contributed by atoms with Crippen LogP contribution in [0, 0.1) is 5.82 Å². The van der Waals surface area contributed by atoms with Crippen molar-refractivity contribution in [2.24, 2.45) is 0 Å². The summed E-state index contributed by atoms with van der Waals surface area (Å²) in [7, 11) is 0. The van der Waals surface area contributed by atoms with Crippen molar-refractivity contribution in [1.29, 1.82) is 0 Å². The fourth-order valence-electron chi connectivity index (χ4n) is 4.44. The highest BCUT2D eigenvalue weighted by Crippen LogP contribution is 2.41. The summed E-state index contributed by atoms with van der Waals surface area (Å²) in [6, 6.07) is 4.49. The number of rotatable bonds is 3. The Morgan fingerprint density at radius 1 is 1.17 bits per heavy atom. The summed E-state index contributed by atoms with van der Waals surface area (Å²) < 4.78 is 54.5. The maximum Gasteiger partial charge on any atom is 0.434 e. The highest BCUT2D eigenvalue weighted by Gasteiger charge is 2.40. The van der Waals surface area contributed by atoms with Crippen molar-refractivity contribution in [3.05, 3.63) is 52.4 Å². The van der Waals surface area contributed by atoms with Gasteiger partial charge in [0.1, 0.15) is 5.82 Å². The molecule has 8 nitrogen and oxygen atoms in total. The van der Waals surface area contributed by atoms with E-state index in [1.165, 1.54) is 34.1 Å². The fraction of sp³-hybridized carbons (Fsp3) is 0.364. The average molecular weight is 509 g/mol. The maximum atomic E-state index is 13.3. The SMILES string of the molecule is CC1c2c(N3C[C@H](O)CC3=O)nc(-c3nc(C(F)(F)F)cs3)n2CCN1C(=O)c1ccc(F)cc1. The van der Waals surface area contributed by atoms with E-state index in [9.17, 15) is 32.3 Å². The van der Waals surface area contributed by atoms with Crippen LogP contribution in [-0.4, -0.2) is 55.5 Å². The number of alkyl halides is 3. The van der Waals surface area contributed by atoms with E-state index < -0.39 is 29.8 Å². The predicted molar refractivity (Wildman–Crippen MR) is 117 cm³/mol. The number of hydrogen-bond donors (Lipinski definition) is 1. The molecular weight excluding hydrogens is 490 g/mol. The molecule has 5 rings (SSSR count). The van der Waals surface area contributed by atoms with Gasteiger partial charge >= 0.3 is 6.18 Å².